The Bertz CT molecular complexity index is 654. The predicted molar refractivity (Wildman–Crippen MR) is 90.8 cm³/mol. The van der Waals surface area contributed by atoms with Crippen molar-refractivity contribution in [2.45, 2.75) is 12.5 Å². The molecule has 1 atom stereocenters. The number of esters is 1. The van der Waals surface area contributed by atoms with Crippen LogP contribution in [0.1, 0.15) is 15.9 Å². The predicted octanol–water partition coefficient (Wildman–Crippen LogP) is 3.12. The van der Waals surface area contributed by atoms with Crippen LogP contribution >= 0.6 is 0 Å². The number of hydrogen-bond donors (Lipinski definition) is 0. The first-order chi connectivity index (χ1) is 11.7. The number of carbonyl (C=O) groups is 1. The van der Waals surface area contributed by atoms with Gasteiger partial charge >= 0.3 is 5.97 Å². The molecule has 24 heavy (non-hydrogen) atoms. The van der Waals surface area contributed by atoms with Crippen LogP contribution in [0.3, 0.4) is 0 Å². The summed E-state index contributed by atoms with van der Waals surface area (Å²) in [5.74, 6) is 0.974. The van der Waals surface area contributed by atoms with Crippen molar-refractivity contribution >= 4 is 5.97 Å². The van der Waals surface area contributed by atoms with Gasteiger partial charge in [-0.15, -0.1) is 0 Å². The van der Waals surface area contributed by atoms with Gasteiger partial charge in [0, 0.05) is 13.5 Å². The van der Waals surface area contributed by atoms with E-state index in [9.17, 15) is 4.79 Å². The van der Waals surface area contributed by atoms with E-state index in [1.165, 1.54) is 0 Å². The van der Waals surface area contributed by atoms with Crippen molar-refractivity contribution in [1.29, 1.82) is 0 Å². The lowest BCUT2D eigenvalue weighted by molar-refractivity contribution is 0.0110. The van der Waals surface area contributed by atoms with Crippen molar-refractivity contribution in [3.8, 4) is 11.5 Å². The fourth-order valence-electron chi connectivity index (χ4n) is 2.31. The molecule has 0 aliphatic carbocycles. The van der Waals surface area contributed by atoms with Crippen LogP contribution in [0, 0.1) is 0 Å². The first-order valence-electron chi connectivity index (χ1n) is 7.63. The summed E-state index contributed by atoms with van der Waals surface area (Å²) >= 11 is 0. The lowest BCUT2D eigenvalue weighted by Crippen LogP contribution is -2.23. The molecule has 0 radical (unpaired) electrons. The van der Waals surface area contributed by atoms with Crippen molar-refractivity contribution in [3.05, 3.63) is 59.7 Å². The van der Waals surface area contributed by atoms with E-state index in [4.69, 9.17) is 18.9 Å². The zero-order valence-corrected chi connectivity index (χ0v) is 14.2. The minimum Gasteiger partial charge on any atom is -0.493 e. The van der Waals surface area contributed by atoms with Crippen LogP contribution in [0.4, 0.5) is 0 Å². The Morgan fingerprint density at radius 1 is 0.958 bits per heavy atom. The molecule has 0 saturated heterocycles. The molecule has 2 rings (SSSR count). The minimum atomic E-state index is -0.357. The first-order valence-corrected chi connectivity index (χ1v) is 7.63. The van der Waals surface area contributed by atoms with Crippen molar-refractivity contribution in [3.63, 3.8) is 0 Å². The van der Waals surface area contributed by atoms with Gasteiger partial charge in [0.25, 0.3) is 0 Å². The maximum atomic E-state index is 12.0. The Labute approximate surface area is 142 Å². The maximum absolute atomic E-state index is 12.0. The molecule has 0 aliphatic heterocycles. The second-order valence-electron chi connectivity index (χ2n) is 5.22. The molecule has 0 aliphatic rings. The fraction of sp³-hybridized carbons (Fsp3) is 0.316. The Balaban J connectivity index is 1.96. The minimum absolute atomic E-state index is 0.179. The van der Waals surface area contributed by atoms with Crippen LogP contribution in [0.2, 0.25) is 0 Å². The third-order valence-corrected chi connectivity index (χ3v) is 3.65. The van der Waals surface area contributed by atoms with E-state index < -0.39 is 0 Å². The molecule has 1 unspecified atom stereocenters. The summed E-state index contributed by atoms with van der Waals surface area (Å²) in [6.07, 6.45) is 0.356. The van der Waals surface area contributed by atoms with Gasteiger partial charge in [0.2, 0.25) is 0 Å². The average Bonchev–Trinajstić information content (AvgIpc) is 2.65. The second kappa shape index (κ2) is 8.93. The van der Waals surface area contributed by atoms with Crippen LogP contribution in [0.25, 0.3) is 0 Å². The number of ether oxygens (including phenoxy) is 4. The molecule has 0 bridgehead atoms. The smallest absolute Gasteiger partial charge is 0.338 e. The van der Waals surface area contributed by atoms with Crippen LogP contribution in [-0.2, 0) is 15.9 Å². The Hall–Kier alpha value is -2.53. The number of rotatable bonds is 8. The highest BCUT2D eigenvalue weighted by atomic mass is 16.6. The van der Waals surface area contributed by atoms with E-state index in [-0.39, 0.29) is 18.7 Å². The highest BCUT2D eigenvalue weighted by molar-refractivity contribution is 5.89. The van der Waals surface area contributed by atoms with Gasteiger partial charge < -0.3 is 18.9 Å². The standard InChI is InChI=1S/C19H22O5/c1-21-16(13-24-19(20)15-7-5-4-6-8-15)11-14-9-10-17(22-2)18(12-14)23-3/h4-10,12,16H,11,13H2,1-3H3. The van der Waals surface area contributed by atoms with Gasteiger partial charge in [-0.05, 0) is 29.8 Å². The van der Waals surface area contributed by atoms with Crippen molar-refractivity contribution in [1.82, 2.24) is 0 Å². The first kappa shape index (κ1) is 17.8. The van der Waals surface area contributed by atoms with Gasteiger partial charge in [0.05, 0.1) is 25.9 Å². The summed E-state index contributed by atoms with van der Waals surface area (Å²) in [5, 5.41) is 0. The summed E-state index contributed by atoms with van der Waals surface area (Å²) < 4.78 is 21.3. The molecule has 0 N–H and O–H groups in total. The molecular weight excluding hydrogens is 308 g/mol. The van der Waals surface area contributed by atoms with Gasteiger partial charge in [-0.2, -0.15) is 0 Å². The van der Waals surface area contributed by atoms with E-state index in [2.05, 4.69) is 0 Å². The topological polar surface area (TPSA) is 54.0 Å². The summed E-state index contributed by atoms with van der Waals surface area (Å²) in [6.45, 7) is 0.179. The number of carbonyl (C=O) groups excluding carboxylic acids is 1. The van der Waals surface area contributed by atoms with E-state index in [1.807, 2.05) is 24.3 Å². The number of methoxy groups -OCH3 is 3. The van der Waals surface area contributed by atoms with Gasteiger partial charge in [0.1, 0.15) is 6.61 Å². The van der Waals surface area contributed by atoms with Gasteiger partial charge in [0.15, 0.2) is 11.5 Å². The van der Waals surface area contributed by atoms with Gasteiger partial charge in [-0.25, -0.2) is 4.79 Å². The zero-order valence-electron chi connectivity index (χ0n) is 14.2. The summed E-state index contributed by atoms with van der Waals surface area (Å²) in [6, 6.07) is 14.6. The average molecular weight is 330 g/mol. The van der Waals surface area contributed by atoms with Crippen molar-refractivity contribution in [2.75, 3.05) is 27.9 Å². The SMILES string of the molecule is COc1ccc(CC(COC(=O)c2ccccc2)OC)cc1OC. The highest BCUT2D eigenvalue weighted by Crippen LogP contribution is 2.28. The van der Waals surface area contributed by atoms with Crippen LogP contribution in [0.15, 0.2) is 48.5 Å². The maximum Gasteiger partial charge on any atom is 0.338 e. The molecular formula is C19H22O5. The van der Waals surface area contributed by atoms with E-state index >= 15 is 0 Å². The molecule has 0 amide bonds. The molecule has 0 fully saturated rings. The Morgan fingerprint density at radius 3 is 2.29 bits per heavy atom. The molecule has 2 aromatic rings. The summed E-state index contributed by atoms with van der Waals surface area (Å²) in [4.78, 5) is 12.0. The monoisotopic (exact) mass is 330 g/mol. The highest BCUT2D eigenvalue weighted by Gasteiger charge is 2.14. The third-order valence-electron chi connectivity index (χ3n) is 3.65. The van der Waals surface area contributed by atoms with Gasteiger partial charge in [-0.3, -0.25) is 0 Å². The van der Waals surface area contributed by atoms with Crippen LogP contribution < -0.4 is 9.47 Å². The molecule has 5 heteroatoms. The van der Waals surface area contributed by atoms with Gasteiger partial charge in [-0.1, -0.05) is 24.3 Å². The largest absolute Gasteiger partial charge is 0.493 e. The molecule has 5 nitrogen and oxygen atoms in total. The Kier molecular flexibility index (Phi) is 6.63. The van der Waals surface area contributed by atoms with Crippen LogP contribution in [-0.4, -0.2) is 40.0 Å². The van der Waals surface area contributed by atoms with E-state index in [0.717, 1.165) is 5.56 Å². The number of benzene rings is 2. The van der Waals surface area contributed by atoms with E-state index in [0.29, 0.717) is 23.5 Å². The summed E-state index contributed by atoms with van der Waals surface area (Å²) in [5.41, 5.74) is 1.54. The molecule has 128 valence electrons. The third kappa shape index (κ3) is 4.73. The zero-order chi connectivity index (χ0) is 17.4. The van der Waals surface area contributed by atoms with Crippen molar-refractivity contribution < 1.29 is 23.7 Å². The molecule has 0 saturated carbocycles. The summed E-state index contributed by atoms with van der Waals surface area (Å²) in [7, 11) is 4.79. The molecule has 0 aromatic heterocycles. The van der Waals surface area contributed by atoms with Crippen molar-refractivity contribution in [2.24, 2.45) is 0 Å². The van der Waals surface area contributed by atoms with Crippen LogP contribution in [0.5, 0.6) is 11.5 Å². The molecule has 2 aromatic carbocycles. The normalized spacial score (nSPS) is 11.6. The lowest BCUT2D eigenvalue weighted by Gasteiger charge is -2.17. The second-order valence-corrected chi connectivity index (χ2v) is 5.22. The molecule has 0 heterocycles. The molecule has 0 spiro atoms. The fourth-order valence-corrected chi connectivity index (χ4v) is 2.31. The number of hydrogen-bond acceptors (Lipinski definition) is 5. The van der Waals surface area contributed by atoms with E-state index in [1.54, 1.807) is 45.6 Å². The Morgan fingerprint density at radius 2 is 1.67 bits per heavy atom. The lowest BCUT2D eigenvalue weighted by atomic mass is 10.1. The quantitative estimate of drug-likeness (QED) is 0.696.